The Hall–Kier alpha value is -6.73. The van der Waals surface area contributed by atoms with Crippen molar-refractivity contribution in [1.29, 1.82) is 0 Å². The molecule has 6 aromatic rings. The van der Waals surface area contributed by atoms with Crippen LogP contribution in [0, 0.1) is 17.7 Å². The monoisotopic (exact) mass is 1000 g/mol. The van der Waals surface area contributed by atoms with Crippen LogP contribution in [0.4, 0.5) is 14.0 Å². The average Bonchev–Trinajstić information content (AvgIpc) is 4.25. The lowest BCUT2D eigenvalue weighted by atomic mass is 9.85. The van der Waals surface area contributed by atoms with Gasteiger partial charge in [0.1, 0.15) is 29.5 Å². The molecule has 2 aromatic carbocycles. The standard InChI is InChI=1S/C53H62FN9O8S/c1-8-33-15-18-42(72-33)51-63-38-17-14-30(36-25-55-48(57-36)40-12-10-20-62(40)50(65)45(60-53(67)69-7)32-21-28(4)70-29(5)22-32)23-35(38)43(54)46(63)34-16-13-31(24-41(34)71-51)37-26-56-47(58-37)39-11-9-19-61(39)49(64)44(27(2)3)59-52(66)68-6/h13-18,23-29,32,39-40,44-45,51H,8-12,19-22H2,1-7H3,(H,55,57)(H,56,58)(H,59,66)(H,60,67)/t28-,29+,32?,39-,40-,44-,45?,51?/m0/s1. The average molecular weight is 1000 g/mol. The summed E-state index contributed by atoms with van der Waals surface area (Å²) in [5, 5.41) is 5.97. The zero-order chi connectivity index (χ0) is 50.5. The van der Waals surface area contributed by atoms with Gasteiger partial charge in [0.15, 0.2) is 5.82 Å². The first-order valence-corrected chi connectivity index (χ1v) is 25.9. The van der Waals surface area contributed by atoms with Crippen molar-refractivity contribution in [3.63, 3.8) is 0 Å². The van der Waals surface area contributed by atoms with Gasteiger partial charge in [-0.3, -0.25) is 14.2 Å². The molecule has 3 saturated heterocycles. The molecule has 17 nitrogen and oxygen atoms in total. The normalized spacial score (nSPS) is 22.6. The third-order valence-electron chi connectivity index (χ3n) is 14.8. The van der Waals surface area contributed by atoms with Crippen LogP contribution in [-0.2, 0) is 30.2 Å². The smallest absolute Gasteiger partial charge is 0.407 e. The highest BCUT2D eigenvalue weighted by molar-refractivity contribution is 7.12. The molecule has 0 spiro atoms. The lowest BCUT2D eigenvalue weighted by Gasteiger charge is -2.38. The van der Waals surface area contributed by atoms with Crippen LogP contribution >= 0.6 is 11.3 Å². The summed E-state index contributed by atoms with van der Waals surface area (Å²) in [5.74, 6) is 0.718. The number of nitrogens with one attached hydrogen (secondary N) is 4. The van der Waals surface area contributed by atoms with Crippen molar-refractivity contribution in [3.05, 3.63) is 88.1 Å². The molecule has 4 amide bonds. The second kappa shape index (κ2) is 20.1. The Balaban J connectivity index is 0.947. The molecular weight excluding hydrogens is 942 g/mol. The van der Waals surface area contributed by atoms with Crippen molar-refractivity contribution in [3.8, 4) is 39.5 Å². The number of aromatic nitrogens is 5. The molecule has 19 heteroatoms. The van der Waals surface area contributed by atoms with Crippen LogP contribution in [0.25, 0.3) is 44.7 Å². The van der Waals surface area contributed by atoms with E-state index >= 15 is 4.39 Å². The van der Waals surface area contributed by atoms with E-state index in [1.54, 1.807) is 28.6 Å². The number of rotatable bonds is 12. The number of methoxy groups -OCH3 is 2. The predicted octanol–water partition coefficient (Wildman–Crippen LogP) is 9.43. The van der Waals surface area contributed by atoms with Crippen molar-refractivity contribution in [1.82, 2.24) is 44.9 Å². The number of likely N-dealkylation sites (tertiary alicyclic amines) is 2. The Morgan fingerprint density at radius 2 is 1.44 bits per heavy atom. The summed E-state index contributed by atoms with van der Waals surface area (Å²) in [6.45, 7) is 10.9. The predicted molar refractivity (Wildman–Crippen MR) is 269 cm³/mol. The van der Waals surface area contributed by atoms with Gasteiger partial charge in [-0.15, -0.1) is 11.3 Å². The van der Waals surface area contributed by atoms with Gasteiger partial charge < -0.3 is 49.3 Å². The maximum absolute atomic E-state index is 17.5. The highest BCUT2D eigenvalue weighted by atomic mass is 32.1. The number of benzene rings is 2. The summed E-state index contributed by atoms with van der Waals surface area (Å²) < 4.78 is 42.1. The van der Waals surface area contributed by atoms with E-state index in [-0.39, 0.29) is 53.8 Å². The van der Waals surface area contributed by atoms with E-state index < -0.39 is 30.5 Å². The highest BCUT2D eigenvalue weighted by Gasteiger charge is 2.43. The van der Waals surface area contributed by atoms with Crippen LogP contribution in [0.3, 0.4) is 0 Å². The summed E-state index contributed by atoms with van der Waals surface area (Å²) in [4.78, 5) is 75.2. The van der Waals surface area contributed by atoms with Gasteiger partial charge in [-0.25, -0.2) is 23.9 Å². The molecule has 4 aliphatic heterocycles. The fraction of sp³-hybridized carbons (Fsp3) is 0.472. The number of carbonyl (C=O) groups is 4. The molecule has 4 aromatic heterocycles. The number of hydrogen-bond acceptors (Lipinski definition) is 11. The molecule has 8 heterocycles. The first-order valence-electron chi connectivity index (χ1n) is 25.0. The molecular formula is C53H62FN9O8S. The molecule has 8 atom stereocenters. The van der Waals surface area contributed by atoms with E-state index in [4.69, 9.17) is 28.9 Å². The Morgan fingerprint density at radius 1 is 0.833 bits per heavy atom. The summed E-state index contributed by atoms with van der Waals surface area (Å²) in [7, 11) is 2.57. The van der Waals surface area contributed by atoms with Gasteiger partial charge in [0.05, 0.1) is 78.4 Å². The zero-order valence-corrected chi connectivity index (χ0v) is 42.4. The summed E-state index contributed by atoms with van der Waals surface area (Å²) in [5.41, 5.74) is 4.57. The number of ether oxygens (including phenoxy) is 4. The topological polar surface area (TPSA) is 198 Å². The van der Waals surface area contributed by atoms with Gasteiger partial charge in [-0.2, -0.15) is 0 Å². The van der Waals surface area contributed by atoms with E-state index in [0.717, 1.165) is 35.3 Å². The van der Waals surface area contributed by atoms with Crippen molar-refractivity contribution >= 4 is 46.2 Å². The molecule has 380 valence electrons. The largest absolute Gasteiger partial charge is 0.464 e. The molecule has 3 fully saturated rings. The quantitative estimate of drug-likeness (QED) is 0.0916. The minimum absolute atomic E-state index is 0.0590. The number of amides is 4. The fourth-order valence-corrected chi connectivity index (χ4v) is 12.3. The zero-order valence-electron chi connectivity index (χ0n) is 41.6. The van der Waals surface area contributed by atoms with Crippen LogP contribution < -0.4 is 15.4 Å². The molecule has 72 heavy (non-hydrogen) atoms. The van der Waals surface area contributed by atoms with Crippen LogP contribution in [0.2, 0.25) is 0 Å². The van der Waals surface area contributed by atoms with Crippen LogP contribution in [0.15, 0.2) is 60.9 Å². The van der Waals surface area contributed by atoms with Gasteiger partial charge in [-0.05, 0) is 107 Å². The molecule has 4 aliphatic rings. The third-order valence-corrected chi connectivity index (χ3v) is 16.0. The number of imidazole rings is 2. The first-order chi connectivity index (χ1) is 34.7. The maximum Gasteiger partial charge on any atom is 0.407 e. The number of halogens is 1. The number of carbonyl (C=O) groups excluding carboxylic acids is 4. The Bertz CT molecular complexity index is 3010. The number of alkyl carbamates (subject to hydrolysis) is 2. The number of thiophene rings is 1. The van der Waals surface area contributed by atoms with Crippen molar-refractivity contribution in [2.24, 2.45) is 11.8 Å². The number of aryl methyl sites for hydroxylation is 1. The SMILES string of the molecule is CCc1ccc(C2Oc3cc(-c4cnc([C@@H]5CCCN5C(=O)[C@@H](NC(=O)OC)C(C)C)[nH]4)ccc3-c3c(F)c4cc(-c5cnc([C@@H]6CCCN6C(=O)C(NC(=O)OC)C6C[C@@H](C)O[C@@H](C)C6)[nH]5)ccc4n32)s1. The van der Waals surface area contributed by atoms with Crippen LogP contribution in [0.1, 0.15) is 113 Å². The van der Waals surface area contributed by atoms with Gasteiger partial charge in [0.25, 0.3) is 0 Å². The summed E-state index contributed by atoms with van der Waals surface area (Å²) >= 11 is 1.63. The van der Waals surface area contributed by atoms with Crippen molar-refractivity contribution in [2.45, 2.75) is 122 Å². The second-order valence-corrected chi connectivity index (χ2v) is 21.0. The first kappa shape index (κ1) is 48.9. The fourth-order valence-electron chi connectivity index (χ4n) is 11.3. The van der Waals surface area contributed by atoms with Crippen LogP contribution in [-0.4, -0.2) is 110 Å². The molecule has 0 saturated carbocycles. The van der Waals surface area contributed by atoms with Gasteiger partial charge in [0, 0.05) is 40.0 Å². The number of aromatic amines is 2. The highest BCUT2D eigenvalue weighted by Crippen LogP contribution is 2.49. The minimum Gasteiger partial charge on any atom is -0.464 e. The number of nitrogens with zero attached hydrogens (tertiary/aromatic N) is 5. The molecule has 3 unspecified atom stereocenters. The summed E-state index contributed by atoms with van der Waals surface area (Å²) in [6.07, 6.45) is 6.42. The van der Waals surface area contributed by atoms with E-state index in [1.165, 1.54) is 19.1 Å². The molecule has 0 aliphatic carbocycles. The molecule has 4 N–H and O–H groups in total. The van der Waals surface area contributed by atoms with Gasteiger partial charge in [0.2, 0.25) is 18.0 Å². The minimum atomic E-state index is -0.785. The van der Waals surface area contributed by atoms with E-state index in [9.17, 15) is 19.2 Å². The van der Waals surface area contributed by atoms with Crippen molar-refractivity contribution in [2.75, 3.05) is 27.3 Å². The molecule has 0 radical (unpaired) electrons. The van der Waals surface area contributed by atoms with E-state index in [2.05, 4.69) is 33.6 Å². The number of fused-ring (bicyclic) bond motifs is 5. The number of H-pyrrole nitrogens is 2. The Morgan fingerprint density at radius 3 is 2.06 bits per heavy atom. The third kappa shape index (κ3) is 9.09. The van der Waals surface area contributed by atoms with E-state index in [1.807, 2.05) is 79.6 Å². The van der Waals surface area contributed by atoms with Crippen LogP contribution in [0.5, 0.6) is 5.75 Å². The summed E-state index contributed by atoms with van der Waals surface area (Å²) in [6, 6.07) is 13.3. The molecule has 0 bridgehead atoms. The lowest BCUT2D eigenvalue weighted by Crippen LogP contribution is -2.54. The lowest BCUT2D eigenvalue weighted by molar-refractivity contribution is -0.138. The maximum atomic E-state index is 17.5. The second-order valence-electron chi connectivity index (χ2n) is 19.8. The van der Waals surface area contributed by atoms with E-state index in [0.29, 0.717) is 89.7 Å². The molecule has 10 rings (SSSR count). The Labute approximate surface area is 421 Å². The van der Waals surface area contributed by atoms with Crippen molar-refractivity contribution < 1.29 is 42.5 Å². The Kier molecular flexibility index (Phi) is 13.6. The van der Waals surface area contributed by atoms with Gasteiger partial charge >= 0.3 is 12.2 Å². The number of hydrogen-bond donors (Lipinski definition) is 4. The van der Waals surface area contributed by atoms with Gasteiger partial charge in [-0.1, -0.05) is 32.9 Å².